The first kappa shape index (κ1) is 15.1. The van der Waals surface area contributed by atoms with Gasteiger partial charge in [-0.05, 0) is 49.2 Å². The van der Waals surface area contributed by atoms with Crippen molar-refractivity contribution in [3.05, 3.63) is 63.6 Å². The molecular weight excluding hydrogens is 314 g/mol. The summed E-state index contributed by atoms with van der Waals surface area (Å²) in [6.07, 6.45) is 0.920. The van der Waals surface area contributed by atoms with Crippen molar-refractivity contribution in [2.75, 3.05) is 13.7 Å². The van der Waals surface area contributed by atoms with Crippen LogP contribution < -0.4 is 10.5 Å². The van der Waals surface area contributed by atoms with Gasteiger partial charge in [-0.3, -0.25) is 0 Å². The highest BCUT2D eigenvalue weighted by molar-refractivity contribution is 9.10. The van der Waals surface area contributed by atoms with Crippen LogP contribution in [0, 0.1) is 6.92 Å². The standard InChI is InChI=1S/C17H20BrNO/c1-12-3-8-17(20-2)16(9-12)14(11-19)10-13-4-6-15(18)7-5-13/h3-9,14H,10-11,19H2,1-2H3. The summed E-state index contributed by atoms with van der Waals surface area (Å²) in [4.78, 5) is 0. The fraction of sp³-hybridized carbons (Fsp3) is 0.294. The maximum Gasteiger partial charge on any atom is 0.122 e. The molecule has 1 unspecified atom stereocenters. The van der Waals surface area contributed by atoms with E-state index in [0.29, 0.717) is 6.54 Å². The molecule has 2 aromatic rings. The summed E-state index contributed by atoms with van der Waals surface area (Å²) >= 11 is 3.46. The molecule has 0 bridgehead atoms. The van der Waals surface area contributed by atoms with E-state index in [1.807, 2.05) is 6.07 Å². The van der Waals surface area contributed by atoms with Crippen molar-refractivity contribution in [3.63, 3.8) is 0 Å². The van der Waals surface area contributed by atoms with E-state index in [1.165, 1.54) is 16.7 Å². The van der Waals surface area contributed by atoms with E-state index < -0.39 is 0 Å². The van der Waals surface area contributed by atoms with Gasteiger partial charge in [-0.25, -0.2) is 0 Å². The van der Waals surface area contributed by atoms with Gasteiger partial charge < -0.3 is 10.5 Å². The number of ether oxygens (including phenoxy) is 1. The summed E-state index contributed by atoms with van der Waals surface area (Å²) in [5.41, 5.74) is 9.70. The molecule has 2 nitrogen and oxygen atoms in total. The third kappa shape index (κ3) is 3.62. The molecule has 2 rings (SSSR count). The quantitative estimate of drug-likeness (QED) is 0.895. The van der Waals surface area contributed by atoms with Gasteiger partial charge >= 0.3 is 0 Å². The first-order valence-electron chi connectivity index (χ1n) is 6.73. The Hall–Kier alpha value is -1.32. The highest BCUT2D eigenvalue weighted by Crippen LogP contribution is 2.30. The lowest BCUT2D eigenvalue weighted by atomic mass is 9.90. The Labute approximate surface area is 129 Å². The van der Waals surface area contributed by atoms with Crippen molar-refractivity contribution < 1.29 is 4.74 Å². The van der Waals surface area contributed by atoms with Crippen LogP contribution in [0.5, 0.6) is 5.75 Å². The summed E-state index contributed by atoms with van der Waals surface area (Å²) in [7, 11) is 1.71. The normalized spacial score (nSPS) is 12.2. The van der Waals surface area contributed by atoms with Crippen molar-refractivity contribution in [2.45, 2.75) is 19.3 Å². The van der Waals surface area contributed by atoms with Crippen molar-refractivity contribution in [3.8, 4) is 5.75 Å². The zero-order valence-electron chi connectivity index (χ0n) is 11.9. The lowest BCUT2D eigenvalue weighted by molar-refractivity contribution is 0.405. The molecular formula is C17H20BrNO. The van der Waals surface area contributed by atoms with E-state index >= 15 is 0 Å². The molecule has 0 saturated carbocycles. The minimum Gasteiger partial charge on any atom is -0.496 e. The van der Waals surface area contributed by atoms with Crippen LogP contribution in [0.4, 0.5) is 0 Å². The molecule has 0 heterocycles. The molecule has 0 saturated heterocycles. The Kier molecular flexibility index (Phi) is 5.21. The number of benzene rings is 2. The Balaban J connectivity index is 2.28. The first-order valence-corrected chi connectivity index (χ1v) is 7.52. The lowest BCUT2D eigenvalue weighted by Crippen LogP contribution is -2.16. The summed E-state index contributed by atoms with van der Waals surface area (Å²) in [5.74, 6) is 1.19. The van der Waals surface area contributed by atoms with Gasteiger partial charge in [0.25, 0.3) is 0 Å². The average Bonchev–Trinajstić information content (AvgIpc) is 2.46. The average molecular weight is 334 g/mol. The van der Waals surface area contributed by atoms with Crippen LogP contribution in [0.1, 0.15) is 22.6 Å². The van der Waals surface area contributed by atoms with Crippen LogP contribution in [-0.2, 0) is 6.42 Å². The largest absolute Gasteiger partial charge is 0.496 e. The minimum atomic E-state index is 0.269. The van der Waals surface area contributed by atoms with Gasteiger partial charge in [0.1, 0.15) is 5.75 Å². The van der Waals surface area contributed by atoms with E-state index in [2.05, 4.69) is 59.3 Å². The Morgan fingerprint density at radius 2 is 1.85 bits per heavy atom. The second kappa shape index (κ2) is 6.91. The molecule has 0 aliphatic rings. The molecule has 0 aromatic heterocycles. The number of methoxy groups -OCH3 is 1. The smallest absolute Gasteiger partial charge is 0.122 e. The number of hydrogen-bond donors (Lipinski definition) is 1. The van der Waals surface area contributed by atoms with Gasteiger partial charge in [0, 0.05) is 10.4 Å². The topological polar surface area (TPSA) is 35.2 Å². The van der Waals surface area contributed by atoms with Crippen LogP contribution in [0.15, 0.2) is 46.9 Å². The summed E-state index contributed by atoms with van der Waals surface area (Å²) in [6, 6.07) is 14.7. The zero-order chi connectivity index (χ0) is 14.5. The van der Waals surface area contributed by atoms with E-state index in [9.17, 15) is 0 Å². The Morgan fingerprint density at radius 1 is 1.15 bits per heavy atom. The molecule has 2 N–H and O–H groups in total. The molecule has 106 valence electrons. The van der Waals surface area contributed by atoms with Crippen LogP contribution in [0.3, 0.4) is 0 Å². The number of rotatable bonds is 5. The lowest BCUT2D eigenvalue weighted by Gasteiger charge is -2.19. The molecule has 0 aliphatic heterocycles. The predicted octanol–water partition coefficient (Wildman–Crippen LogP) is 4.05. The van der Waals surface area contributed by atoms with E-state index in [4.69, 9.17) is 10.5 Å². The third-order valence-electron chi connectivity index (χ3n) is 3.50. The van der Waals surface area contributed by atoms with Crippen LogP contribution in [0.2, 0.25) is 0 Å². The second-order valence-electron chi connectivity index (χ2n) is 5.01. The molecule has 2 aromatic carbocycles. The third-order valence-corrected chi connectivity index (χ3v) is 4.03. The number of hydrogen-bond acceptors (Lipinski definition) is 2. The van der Waals surface area contributed by atoms with E-state index in [0.717, 1.165) is 16.6 Å². The summed E-state index contributed by atoms with van der Waals surface area (Å²) in [6.45, 7) is 2.70. The molecule has 0 fully saturated rings. The fourth-order valence-corrected chi connectivity index (χ4v) is 2.66. The van der Waals surface area contributed by atoms with E-state index in [-0.39, 0.29) is 5.92 Å². The van der Waals surface area contributed by atoms with Crippen molar-refractivity contribution in [1.82, 2.24) is 0 Å². The first-order chi connectivity index (χ1) is 9.63. The maximum atomic E-state index is 5.99. The van der Waals surface area contributed by atoms with Crippen molar-refractivity contribution in [2.24, 2.45) is 5.73 Å². The second-order valence-corrected chi connectivity index (χ2v) is 5.92. The fourth-order valence-electron chi connectivity index (χ4n) is 2.40. The van der Waals surface area contributed by atoms with Gasteiger partial charge in [0.05, 0.1) is 7.11 Å². The molecule has 0 spiro atoms. The minimum absolute atomic E-state index is 0.269. The molecule has 0 aliphatic carbocycles. The molecule has 3 heteroatoms. The zero-order valence-corrected chi connectivity index (χ0v) is 13.5. The van der Waals surface area contributed by atoms with Crippen molar-refractivity contribution in [1.29, 1.82) is 0 Å². The highest BCUT2D eigenvalue weighted by Gasteiger charge is 2.15. The SMILES string of the molecule is COc1ccc(C)cc1C(CN)Cc1ccc(Br)cc1. The monoisotopic (exact) mass is 333 g/mol. The predicted molar refractivity (Wildman–Crippen MR) is 87.4 cm³/mol. The van der Waals surface area contributed by atoms with Gasteiger partial charge in [-0.15, -0.1) is 0 Å². The van der Waals surface area contributed by atoms with Gasteiger partial charge in [-0.1, -0.05) is 45.8 Å². The number of nitrogens with two attached hydrogens (primary N) is 1. The van der Waals surface area contributed by atoms with Crippen LogP contribution in [0.25, 0.3) is 0 Å². The van der Waals surface area contributed by atoms with E-state index in [1.54, 1.807) is 7.11 Å². The molecule has 0 amide bonds. The summed E-state index contributed by atoms with van der Waals surface area (Å²) < 4.78 is 6.57. The molecule has 20 heavy (non-hydrogen) atoms. The Bertz CT molecular complexity index is 566. The summed E-state index contributed by atoms with van der Waals surface area (Å²) in [5, 5.41) is 0. The highest BCUT2D eigenvalue weighted by atomic mass is 79.9. The van der Waals surface area contributed by atoms with Gasteiger partial charge in [0.2, 0.25) is 0 Å². The maximum absolute atomic E-state index is 5.99. The van der Waals surface area contributed by atoms with Gasteiger partial charge in [0.15, 0.2) is 0 Å². The number of halogens is 1. The van der Waals surface area contributed by atoms with Gasteiger partial charge in [-0.2, -0.15) is 0 Å². The molecule has 0 radical (unpaired) electrons. The Morgan fingerprint density at radius 3 is 2.45 bits per heavy atom. The van der Waals surface area contributed by atoms with Crippen LogP contribution >= 0.6 is 15.9 Å². The number of aryl methyl sites for hydroxylation is 1. The molecule has 1 atom stereocenters. The van der Waals surface area contributed by atoms with Crippen molar-refractivity contribution >= 4 is 15.9 Å². The van der Waals surface area contributed by atoms with Crippen LogP contribution in [-0.4, -0.2) is 13.7 Å².